The maximum absolute atomic E-state index is 6.87. The van der Waals surface area contributed by atoms with Crippen molar-refractivity contribution < 1.29 is 0 Å². The Bertz CT molecular complexity index is 381. The molecule has 1 aromatic rings. The lowest BCUT2D eigenvalue weighted by Gasteiger charge is -2.12. The first-order valence-corrected chi connectivity index (χ1v) is 4.84. The molecule has 0 amide bonds. The molecule has 0 aliphatic carbocycles. The molecule has 1 aliphatic rings. The molecule has 1 aliphatic heterocycles. The van der Waals surface area contributed by atoms with E-state index in [1.807, 2.05) is 28.8 Å². The summed E-state index contributed by atoms with van der Waals surface area (Å²) >= 11 is 1.65. The molecule has 0 unspecified atom stereocenters. The quantitative estimate of drug-likeness (QED) is 0.633. The monoisotopic (exact) mass is 189 g/mol. The van der Waals surface area contributed by atoms with Gasteiger partial charge >= 0.3 is 0 Å². The molecule has 0 atom stereocenters. The van der Waals surface area contributed by atoms with Crippen molar-refractivity contribution >= 4 is 28.7 Å². The molecule has 13 heavy (non-hydrogen) atoms. The minimum Gasteiger partial charge on any atom is -0.256 e. The van der Waals surface area contributed by atoms with Crippen molar-refractivity contribution in [2.24, 2.45) is 5.10 Å². The Hall–Kier alpha value is -1.47. The molecule has 0 N–H and O–H groups in total. The Morgan fingerprint density at radius 1 is 1.54 bits per heavy atom. The van der Waals surface area contributed by atoms with E-state index < -0.39 is 0 Å². The molecular formula is C9H7N3S. The third-order valence-electron chi connectivity index (χ3n) is 1.71. The largest absolute Gasteiger partial charge is 0.256 e. The number of hydrogen-bond acceptors (Lipinski definition) is 3. The van der Waals surface area contributed by atoms with Gasteiger partial charge in [-0.2, -0.15) is 5.10 Å². The van der Waals surface area contributed by atoms with Crippen molar-refractivity contribution in [3.8, 4) is 0 Å². The van der Waals surface area contributed by atoms with Crippen LogP contribution in [0.15, 0.2) is 29.4 Å². The van der Waals surface area contributed by atoms with Gasteiger partial charge in [0.25, 0.3) is 0 Å². The number of thioether (sulfide) groups is 1. The lowest BCUT2D eigenvalue weighted by Crippen LogP contribution is -2.09. The summed E-state index contributed by atoms with van der Waals surface area (Å²) in [6.07, 6.45) is 0. The van der Waals surface area contributed by atoms with E-state index in [1.54, 1.807) is 17.8 Å². The second-order valence-corrected chi connectivity index (χ2v) is 3.35. The fraction of sp³-hybridized carbons (Fsp3) is 0.111. The standard InChI is InChI=1S/C9H7N3S/c1-10-8-3-2-4-9(5-8)12-7-13-6-11-12/h2-6H,7H2. The molecule has 1 aromatic carbocycles. The average Bonchev–Trinajstić information content (AvgIpc) is 2.71. The van der Waals surface area contributed by atoms with Crippen molar-refractivity contribution in [1.82, 2.24) is 0 Å². The minimum atomic E-state index is 0.657. The maximum Gasteiger partial charge on any atom is 0.189 e. The van der Waals surface area contributed by atoms with Gasteiger partial charge in [0.1, 0.15) is 0 Å². The van der Waals surface area contributed by atoms with Gasteiger partial charge in [0.2, 0.25) is 0 Å². The zero-order chi connectivity index (χ0) is 9.10. The first-order chi connectivity index (χ1) is 6.40. The van der Waals surface area contributed by atoms with E-state index in [4.69, 9.17) is 6.57 Å². The number of hydrogen-bond donors (Lipinski definition) is 0. The number of nitrogens with zero attached hydrogens (tertiary/aromatic N) is 3. The Kier molecular flexibility index (Phi) is 2.19. The van der Waals surface area contributed by atoms with E-state index in [0.29, 0.717) is 5.69 Å². The lowest BCUT2D eigenvalue weighted by atomic mass is 10.3. The van der Waals surface area contributed by atoms with Crippen LogP contribution in [-0.2, 0) is 0 Å². The van der Waals surface area contributed by atoms with Crippen molar-refractivity contribution in [3.05, 3.63) is 35.7 Å². The van der Waals surface area contributed by atoms with E-state index >= 15 is 0 Å². The highest BCUT2D eigenvalue weighted by Gasteiger charge is 2.08. The van der Waals surface area contributed by atoms with Crippen molar-refractivity contribution in [2.75, 3.05) is 10.9 Å². The molecule has 0 spiro atoms. The van der Waals surface area contributed by atoms with Crippen molar-refractivity contribution in [2.45, 2.75) is 0 Å². The highest BCUT2D eigenvalue weighted by Crippen LogP contribution is 2.25. The molecule has 3 nitrogen and oxygen atoms in total. The zero-order valence-corrected chi connectivity index (χ0v) is 7.66. The van der Waals surface area contributed by atoms with Crippen LogP contribution in [0.5, 0.6) is 0 Å². The third kappa shape index (κ3) is 1.65. The number of anilines is 1. The molecule has 0 fully saturated rings. The van der Waals surface area contributed by atoms with Gasteiger partial charge in [-0.05, 0) is 12.1 Å². The van der Waals surface area contributed by atoms with Crippen LogP contribution in [0, 0.1) is 6.57 Å². The minimum absolute atomic E-state index is 0.657. The molecule has 2 rings (SSSR count). The summed E-state index contributed by atoms with van der Waals surface area (Å²) < 4.78 is 0. The third-order valence-corrected chi connectivity index (χ3v) is 2.35. The first kappa shape index (κ1) is 8.14. The van der Waals surface area contributed by atoms with E-state index in [1.165, 1.54) is 0 Å². The van der Waals surface area contributed by atoms with E-state index in [-0.39, 0.29) is 0 Å². The Morgan fingerprint density at radius 2 is 2.46 bits per heavy atom. The summed E-state index contributed by atoms with van der Waals surface area (Å²) in [6, 6.07) is 7.47. The Balaban J connectivity index is 2.30. The summed E-state index contributed by atoms with van der Waals surface area (Å²) in [5, 5.41) is 6.02. The van der Waals surface area contributed by atoms with Crippen LogP contribution in [0.1, 0.15) is 0 Å². The summed E-state index contributed by atoms with van der Waals surface area (Å²) in [7, 11) is 0. The molecule has 0 bridgehead atoms. The maximum atomic E-state index is 6.87. The smallest absolute Gasteiger partial charge is 0.189 e. The zero-order valence-electron chi connectivity index (χ0n) is 6.84. The van der Waals surface area contributed by atoms with Crippen LogP contribution in [-0.4, -0.2) is 11.4 Å². The number of benzene rings is 1. The summed E-state index contributed by atoms with van der Waals surface area (Å²) in [5.74, 6) is 0.835. The SMILES string of the molecule is [C-]#[N+]c1cccc(N2CSC=N2)c1. The Labute approximate surface area is 80.9 Å². The topological polar surface area (TPSA) is 20.0 Å². The van der Waals surface area contributed by atoms with Crippen molar-refractivity contribution in [1.29, 1.82) is 0 Å². The molecule has 4 heteroatoms. The Morgan fingerprint density at radius 3 is 3.15 bits per heavy atom. The van der Waals surface area contributed by atoms with E-state index in [9.17, 15) is 0 Å². The van der Waals surface area contributed by atoms with Gasteiger partial charge < -0.3 is 0 Å². The summed E-state index contributed by atoms with van der Waals surface area (Å²) in [4.78, 5) is 3.37. The van der Waals surface area contributed by atoms with Gasteiger partial charge in [0.15, 0.2) is 5.69 Å². The van der Waals surface area contributed by atoms with Crippen LogP contribution >= 0.6 is 11.8 Å². The second-order valence-electron chi connectivity index (χ2n) is 2.55. The molecular weight excluding hydrogens is 182 g/mol. The highest BCUT2D eigenvalue weighted by molar-refractivity contribution is 8.12. The van der Waals surface area contributed by atoms with Gasteiger partial charge in [-0.1, -0.05) is 23.9 Å². The summed E-state index contributed by atoms with van der Waals surface area (Å²) in [6.45, 7) is 6.87. The molecule has 0 saturated carbocycles. The lowest BCUT2D eigenvalue weighted by molar-refractivity contribution is 1.02. The summed E-state index contributed by atoms with van der Waals surface area (Å²) in [5.41, 5.74) is 3.45. The number of rotatable bonds is 1. The molecule has 0 radical (unpaired) electrons. The predicted octanol–water partition coefficient (Wildman–Crippen LogP) is 2.69. The van der Waals surface area contributed by atoms with Crippen LogP contribution < -0.4 is 5.01 Å². The molecule has 0 aromatic heterocycles. The first-order valence-electron chi connectivity index (χ1n) is 3.79. The van der Waals surface area contributed by atoms with Crippen LogP contribution in [0.4, 0.5) is 11.4 Å². The van der Waals surface area contributed by atoms with Crippen molar-refractivity contribution in [3.63, 3.8) is 0 Å². The van der Waals surface area contributed by atoms with Crippen LogP contribution in [0.3, 0.4) is 0 Å². The van der Waals surface area contributed by atoms with Crippen LogP contribution in [0.25, 0.3) is 4.85 Å². The predicted molar refractivity (Wildman–Crippen MR) is 56.1 cm³/mol. The fourth-order valence-corrected chi connectivity index (χ4v) is 1.70. The molecule has 1 heterocycles. The molecule has 64 valence electrons. The van der Waals surface area contributed by atoms with Gasteiger partial charge in [-0.3, -0.25) is 5.01 Å². The second kappa shape index (κ2) is 3.50. The van der Waals surface area contributed by atoms with E-state index in [0.717, 1.165) is 11.6 Å². The van der Waals surface area contributed by atoms with Crippen LogP contribution in [0.2, 0.25) is 0 Å². The average molecular weight is 189 g/mol. The van der Waals surface area contributed by atoms with E-state index in [2.05, 4.69) is 9.95 Å². The van der Waals surface area contributed by atoms with Gasteiger partial charge in [0.05, 0.1) is 23.7 Å². The fourth-order valence-electron chi connectivity index (χ4n) is 1.09. The van der Waals surface area contributed by atoms with Gasteiger partial charge in [-0.25, -0.2) is 4.85 Å². The molecule has 0 saturated heterocycles. The van der Waals surface area contributed by atoms with Gasteiger partial charge in [0, 0.05) is 0 Å². The number of hydrazone groups is 1. The normalized spacial score (nSPS) is 14.5. The highest BCUT2D eigenvalue weighted by atomic mass is 32.2. The van der Waals surface area contributed by atoms with Gasteiger partial charge in [-0.15, -0.1) is 0 Å².